The summed E-state index contributed by atoms with van der Waals surface area (Å²) in [6.45, 7) is 5.28. The minimum atomic E-state index is 0.494. The van der Waals surface area contributed by atoms with Crippen LogP contribution in [0.4, 0.5) is 0 Å². The molecule has 0 bridgehead atoms. The van der Waals surface area contributed by atoms with Gasteiger partial charge in [-0.25, -0.2) is 4.98 Å². The minimum Gasteiger partial charge on any atom is -0.356 e. The fraction of sp³-hybridized carbons (Fsp3) is 0.750. The topological polar surface area (TPSA) is 54.2 Å². The van der Waals surface area contributed by atoms with Crippen molar-refractivity contribution in [3.8, 4) is 0 Å². The number of aromatic nitrogens is 2. The summed E-state index contributed by atoms with van der Waals surface area (Å²) < 4.78 is 2.10. The summed E-state index contributed by atoms with van der Waals surface area (Å²) in [6.07, 6.45) is 13.5. The number of aryl methyl sites for hydroxylation is 1. The quantitative estimate of drug-likeness (QED) is 0.461. The van der Waals surface area contributed by atoms with E-state index in [1.54, 1.807) is 0 Å². The first-order valence-electron chi connectivity index (χ1n) is 8.18. The van der Waals surface area contributed by atoms with Crippen molar-refractivity contribution in [1.29, 1.82) is 0 Å². The Balaban J connectivity index is 1.66. The summed E-state index contributed by atoms with van der Waals surface area (Å²) in [5, 5.41) is 6.92. The molecule has 0 spiro atoms. The molecule has 0 unspecified atom stereocenters. The molecule has 1 fully saturated rings. The van der Waals surface area contributed by atoms with Crippen molar-refractivity contribution in [2.45, 2.75) is 52.0 Å². The number of nitrogens with zero attached hydrogens (tertiary/aromatic N) is 3. The lowest BCUT2D eigenvalue weighted by Gasteiger charge is -2.28. The van der Waals surface area contributed by atoms with Crippen LogP contribution in [0.15, 0.2) is 23.7 Å². The van der Waals surface area contributed by atoms with Gasteiger partial charge in [-0.05, 0) is 31.1 Å². The zero-order chi connectivity index (χ0) is 15.0. The van der Waals surface area contributed by atoms with Crippen LogP contribution in [0.1, 0.15) is 45.4 Å². The van der Waals surface area contributed by atoms with Gasteiger partial charge in [0.05, 0.1) is 6.33 Å². The van der Waals surface area contributed by atoms with Gasteiger partial charge in [-0.15, -0.1) is 0 Å². The molecule has 118 valence electrons. The fourth-order valence-corrected chi connectivity index (χ4v) is 3.16. The van der Waals surface area contributed by atoms with Crippen LogP contribution in [0.5, 0.6) is 0 Å². The lowest BCUT2D eigenvalue weighted by molar-refractivity contribution is 0.283. The van der Waals surface area contributed by atoms with Gasteiger partial charge in [0.1, 0.15) is 0 Å². The molecule has 1 aromatic heterocycles. The van der Waals surface area contributed by atoms with Crippen molar-refractivity contribution < 1.29 is 0 Å². The first kappa shape index (κ1) is 15.9. The van der Waals surface area contributed by atoms with Gasteiger partial charge >= 0.3 is 0 Å². The normalized spacial score (nSPS) is 17.9. The van der Waals surface area contributed by atoms with Gasteiger partial charge in [-0.3, -0.25) is 4.99 Å². The fourth-order valence-electron chi connectivity index (χ4n) is 3.16. The Morgan fingerprint density at radius 1 is 1.33 bits per heavy atom. The molecule has 5 nitrogen and oxygen atoms in total. The van der Waals surface area contributed by atoms with E-state index in [2.05, 4.69) is 32.1 Å². The van der Waals surface area contributed by atoms with Crippen molar-refractivity contribution in [2.75, 3.05) is 20.1 Å². The highest BCUT2D eigenvalue weighted by Crippen LogP contribution is 2.40. The Hall–Kier alpha value is -1.52. The van der Waals surface area contributed by atoms with E-state index in [1.165, 1.54) is 32.1 Å². The Morgan fingerprint density at radius 3 is 2.76 bits per heavy atom. The van der Waals surface area contributed by atoms with Gasteiger partial charge < -0.3 is 15.2 Å². The van der Waals surface area contributed by atoms with E-state index in [1.807, 2.05) is 25.8 Å². The van der Waals surface area contributed by atoms with E-state index in [9.17, 15) is 0 Å². The van der Waals surface area contributed by atoms with Crippen LogP contribution < -0.4 is 10.6 Å². The molecule has 1 aromatic rings. The third-order valence-electron chi connectivity index (χ3n) is 4.71. The third-order valence-corrected chi connectivity index (χ3v) is 4.71. The van der Waals surface area contributed by atoms with Crippen LogP contribution in [-0.4, -0.2) is 35.6 Å². The van der Waals surface area contributed by atoms with Crippen molar-refractivity contribution >= 4 is 5.96 Å². The summed E-state index contributed by atoms with van der Waals surface area (Å²) in [7, 11) is 1.85. The smallest absolute Gasteiger partial charge is 0.190 e. The Morgan fingerprint density at radius 2 is 2.14 bits per heavy atom. The van der Waals surface area contributed by atoms with E-state index in [0.717, 1.165) is 32.0 Å². The largest absolute Gasteiger partial charge is 0.356 e. The second kappa shape index (κ2) is 8.05. The second-order valence-electron chi connectivity index (χ2n) is 6.07. The van der Waals surface area contributed by atoms with Crippen molar-refractivity contribution in [1.82, 2.24) is 20.2 Å². The lowest BCUT2D eigenvalue weighted by Crippen LogP contribution is -2.43. The van der Waals surface area contributed by atoms with Crippen LogP contribution in [0.25, 0.3) is 0 Å². The van der Waals surface area contributed by atoms with Gasteiger partial charge in [-0.2, -0.15) is 0 Å². The van der Waals surface area contributed by atoms with Crippen molar-refractivity contribution in [2.24, 2.45) is 10.4 Å². The molecule has 1 heterocycles. The van der Waals surface area contributed by atoms with Gasteiger partial charge in [0.15, 0.2) is 5.96 Å². The molecule has 5 heteroatoms. The molecule has 21 heavy (non-hydrogen) atoms. The van der Waals surface area contributed by atoms with E-state index in [4.69, 9.17) is 0 Å². The predicted octanol–water partition coefficient (Wildman–Crippen LogP) is 2.41. The van der Waals surface area contributed by atoms with Gasteiger partial charge in [-0.1, -0.05) is 19.8 Å². The van der Waals surface area contributed by atoms with E-state index in [-0.39, 0.29) is 0 Å². The monoisotopic (exact) mass is 291 g/mol. The van der Waals surface area contributed by atoms with Crippen molar-refractivity contribution in [3.63, 3.8) is 0 Å². The molecule has 2 N–H and O–H groups in total. The second-order valence-corrected chi connectivity index (χ2v) is 6.07. The molecule has 0 amide bonds. The van der Waals surface area contributed by atoms with Crippen LogP contribution >= 0.6 is 0 Å². The Bertz CT molecular complexity index is 418. The first-order chi connectivity index (χ1) is 10.3. The average molecular weight is 291 g/mol. The SMILES string of the molecule is CCC1(CNC(=NC)NCCCn2ccnc2)CCCC1. The molecular formula is C16H29N5. The lowest BCUT2D eigenvalue weighted by atomic mass is 9.83. The maximum atomic E-state index is 4.32. The summed E-state index contributed by atoms with van der Waals surface area (Å²) in [4.78, 5) is 8.37. The van der Waals surface area contributed by atoms with E-state index < -0.39 is 0 Å². The Labute approximate surface area is 128 Å². The molecule has 0 atom stereocenters. The minimum absolute atomic E-state index is 0.494. The maximum absolute atomic E-state index is 4.32. The number of rotatable bonds is 7. The highest BCUT2D eigenvalue weighted by atomic mass is 15.2. The van der Waals surface area contributed by atoms with Gasteiger partial charge in [0, 0.05) is 39.1 Å². The van der Waals surface area contributed by atoms with Crippen molar-refractivity contribution in [3.05, 3.63) is 18.7 Å². The molecule has 1 aliphatic rings. The highest BCUT2D eigenvalue weighted by Gasteiger charge is 2.31. The third kappa shape index (κ3) is 4.76. The molecule has 2 rings (SSSR count). The molecule has 0 aromatic carbocycles. The molecule has 1 aliphatic carbocycles. The molecule has 1 saturated carbocycles. The van der Waals surface area contributed by atoms with Gasteiger partial charge in [0.25, 0.3) is 0 Å². The number of nitrogens with one attached hydrogen (secondary N) is 2. The van der Waals surface area contributed by atoms with Crippen LogP contribution in [-0.2, 0) is 6.54 Å². The summed E-state index contributed by atoms with van der Waals surface area (Å²) in [6, 6.07) is 0. The number of aliphatic imine (C=N–C) groups is 1. The maximum Gasteiger partial charge on any atom is 0.190 e. The van der Waals surface area contributed by atoms with Crippen LogP contribution in [0.2, 0.25) is 0 Å². The van der Waals surface area contributed by atoms with Crippen LogP contribution in [0, 0.1) is 5.41 Å². The van der Waals surface area contributed by atoms with E-state index in [0.29, 0.717) is 5.41 Å². The predicted molar refractivity (Wildman–Crippen MR) is 87.4 cm³/mol. The number of guanidine groups is 1. The first-order valence-corrected chi connectivity index (χ1v) is 8.18. The molecular weight excluding hydrogens is 262 g/mol. The standard InChI is InChI=1S/C16H29N5/c1-3-16(7-4-5-8-16)13-20-15(17-2)19-9-6-11-21-12-10-18-14-21/h10,12,14H,3-9,11,13H2,1-2H3,(H2,17,19,20). The molecule has 0 aliphatic heterocycles. The number of imidazole rings is 1. The zero-order valence-corrected chi connectivity index (χ0v) is 13.4. The number of hydrogen-bond acceptors (Lipinski definition) is 2. The highest BCUT2D eigenvalue weighted by molar-refractivity contribution is 5.79. The number of hydrogen-bond donors (Lipinski definition) is 2. The van der Waals surface area contributed by atoms with Gasteiger partial charge in [0.2, 0.25) is 0 Å². The van der Waals surface area contributed by atoms with E-state index >= 15 is 0 Å². The summed E-state index contributed by atoms with van der Waals surface area (Å²) in [5.41, 5.74) is 0.494. The molecule has 0 saturated heterocycles. The average Bonchev–Trinajstić information content (AvgIpc) is 3.18. The Kier molecular flexibility index (Phi) is 6.08. The summed E-state index contributed by atoms with van der Waals surface area (Å²) in [5.74, 6) is 0.931. The van der Waals surface area contributed by atoms with Crippen LogP contribution in [0.3, 0.4) is 0 Å². The molecule has 0 radical (unpaired) electrons. The zero-order valence-electron chi connectivity index (χ0n) is 13.4. The summed E-state index contributed by atoms with van der Waals surface area (Å²) >= 11 is 0.